The predicted octanol–water partition coefficient (Wildman–Crippen LogP) is 5.74. The van der Waals surface area contributed by atoms with Gasteiger partial charge in [-0.2, -0.15) is 0 Å². The van der Waals surface area contributed by atoms with Gasteiger partial charge in [0.05, 0.1) is 31.5 Å². The highest BCUT2D eigenvalue weighted by atomic mass is 35.5. The van der Waals surface area contributed by atoms with Crippen molar-refractivity contribution < 1.29 is 0 Å². The number of para-hydroxylation sites is 1. The summed E-state index contributed by atoms with van der Waals surface area (Å²) < 4.78 is 0. The third-order valence-electron chi connectivity index (χ3n) is 2.22. The van der Waals surface area contributed by atoms with E-state index in [2.05, 4.69) is 10.9 Å². The molecule has 0 saturated carbocycles. The van der Waals surface area contributed by atoms with E-state index in [0.717, 1.165) is 5.69 Å². The van der Waals surface area contributed by atoms with E-state index in [0.29, 0.717) is 15.7 Å². The zero-order valence-corrected chi connectivity index (χ0v) is 12.0. The second-order valence-electron chi connectivity index (χ2n) is 3.46. The van der Waals surface area contributed by atoms with Crippen molar-refractivity contribution in [3.05, 3.63) is 56.5 Å². The fourth-order valence-corrected chi connectivity index (χ4v) is 2.17. The Morgan fingerprint density at radius 3 is 2.06 bits per heavy atom. The average molecular weight is 322 g/mol. The molecule has 0 radical (unpaired) electrons. The molecule has 0 heterocycles. The summed E-state index contributed by atoms with van der Waals surface area (Å²) in [6, 6.07) is 11.2. The summed E-state index contributed by atoms with van der Waals surface area (Å²) in [5.41, 5.74) is 7.35. The van der Waals surface area contributed by atoms with E-state index < -0.39 is 0 Å². The fourth-order valence-electron chi connectivity index (χ4n) is 1.32. The Hall–Kier alpha value is -0.800. The van der Waals surface area contributed by atoms with Crippen LogP contribution in [0.3, 0.4) is 0 Å². The van der Waals surface area contributed by atoms with Gasteiger partial charge in [0.2, 0.25) is 0 Å². The van der Waals surface area contributed by atoms with Gasteiger partial charge in [0.15, 0.2) is 0 Å². The second-order valence-corrected chi connectivity index (χ2v) is 5.01. The number of hydrogen-bond donors (Lipinski definition) is 2. The highest BCUT2D eigenvalue weighted by Gasteiger charge is 2.12. The minimum atomic E-state index is 0.225. The quantitative estimate of drug-likeness (QED) is 0.428. The molecule has 0 atom stereocenters. The maximum absolute atomic E-state index is 6.06. The van der Waals surface area contributed by atoms with E-state index in [9.17, 15) is 0 Å². The summed E-state index contributed by atoms with van der Waals surface area (Å²) in [6.45, 7) is 0. The summed E-state index contributed by atoms with van der Waals surface area (Å²) >= 11 is 23.8. The Labute approximate surface area is 125 Å². The number of anilines is 2. The van der Waals surface area contributed by atoms with Crippen LogP contribution in [0.15, 0.2) is 36.4 Å². The fraction of sp³-hybridized carbons (Fsp3) is 0. The van der Waals surface area contributed by atoms with Crippen LogP contribution >= 0.6 is 46.4 Å². The van der Waals surface area contributed by atoms with Crippen LogP contribution < -0.4 is 10.9 Å². The first-order valence-corrected chi connectivity index (χ1v) is 6.51. The number of nitrogens with one attached hydrogen (secondary N) is 2. The standard InChI is InChI=1S/C12H8Cl4N2/c13-8-6-9(11(15)12(16)10(8)14)18-17-7-4-2-1-3-5-7/h1-6,17-18H. The second kappa shape index (κ2) is 5.89. The van der Waals surface area contributed by atoms with E-state index >= 15 is 0 Å². The van der Waals surface area contributed by atoms with Crippen molar-refractivity contribution in [3.8, 4) is 0 Å². The van der Waals surface area contributed by atoms with E-state index in [-0.39, 0.29) is 10.0 Å². The first-order chi connectivity index (χ1) is 8.59. The van der Waals surface area contributed by atoms with Crippen molar-refractivity contribution in [1.29, 1.82) is 0 Å². The van der Waals surface area contributed by atoms with Gasteiger partial charge in [-0.1, -0.05) is 64.6 Å². The smallest absolute Gasteiger partial charge is 0.0857 e. The van der Waals surface area contributed by atoms with E-state index in [1.165, 1.54) is 0 Å². The van der Waals surface area contributed by atoms with Gasteiger partial charge >= 0.3 is 0 Å². The predicted molar refractivity (Wildman–Crippen MR) is 80.2 cm³/mol. The van der Waals surface area contributed by atoms with Gasteiger partial charge in [0.1, 0.15) is 0 Å². The number of hydrogen-bond acceptors (Lipinski definition) is 2. The molecular formula is C12H8Cl4N2. The molecule has 2 rings (SSSR count). The first kappa shape index (κ1) is 13.6. The lowest BCUT2D eigenvalue weighted by atomic mass is 10.3. The lowest BCUT2D eigenvalue weighted by Crippen LogP contribution is -2.09. The molecule has 0 saturated heterocycles. The molecule has 2 N–H and O–H groups in total. The third-order valence-corrected chi connectivity index (χ3v) is 3.97. The highest BCUT2D eigenvalue weighted by Crippen LogP contribution is 2.40. The van der Waals surface area contributed by atoms with Crippen LogP contribution in [0, 0.1) is 0 Å². The van der Waals surface area contributed by atoms with Crippen LogP contribution in [0.1, 0.15) is 0 Å². The SMILES string of the molecule is Clc1cc(NNc2ccccc2)c(Cl)c(Cl)c1Cl. The summed E-state index contributed by atoms with van der Waals surface area (Å²) in [6.07, 6.45) is 0. The molecule has 18 heavy (non-hydrogen) atoms. The Bertz CT molecular complexity index is 558. The summed E-state index contributed by atoms with van der Waals surface area (Å²) in [5, 5.41) is 1.12. The molecular weight excluding hydrogens is 314 g/mol. The molecule has 0 aliphatic heterocycles. The maximum Gasteiger partial charge on any atom is 0.0857 e. The van der Waals surface area contributed by atoms with Crippen LogP contribution in [0.4, 0.5) is 11.4 Å². The number of halogens is 4. The molecule has 0 aromatic heterocycles. The molecule has 2 aromatic rings. The Balaban J connectivity index is 2.20. The Morgan fingerprint density at radius 1 is 0.722 bits per heavy atom. The summed E-state index contributed by atoms with van der Waals surface area (Å²) in [4.78, 5) is 0. The van der Waals surface area contributed by atoms with Gasteiger partial charge in [-0.3, -0.25) is 5.43 Å². The van der Waals surface area contributed by atoms with Crippen molar-refractivity contribution >= 4 is 57.8 Å². The van der Waals surface area contributed by atoms with Crippen LogP contribution in [0.2, 0.25) is 20.1 Å². The van der Waals surface area contributed by atoms with Crippen molar-refractivity contribution in [3.63, 3.8) is 0 Å². The van der Waals surface area contributed by atoms with Gasteiger partial charge in [-0.25, -0.2) is 0 Å². The highest BCUT2D eigenvalue weighted by molar-refractivity contribution is 6.52. The zero-order valence-electron chi connectivity index (χ0n) is 8.98. The van der Waals surface area contributed by atoms with E-state index in [1.54, 1.807) is 6.07 Å². The molecule has 0 aliphatic rings. The van der Waals surface area contributed by atoms with Crippen molar-refractivity contribution in [2.45, 2.75) is 0 Å². The summed E-state index contributed by atoms with van der Waals surface area (Å²) in [5.74, 6) is 0. The van der Waals surface area contributed by atoms with Gasteiger partial charge in [0, 0.05) is 0 Å². The molecule has 0 bridgehead atoms. The minimum Gasteiger partial charge on any atom is -0.301 e. The molecule has 94 valence electrons. The molecule has 6 heteroatoms. The Morgan fingerprint density at radius 2 is 1.39 bits per heavy atom. The largest absolute Gasteiger partial charge is 0.301 e. The van der Waals surface area contributed by atoms with Crippen LogP contribution in [-0.2, 0) is 0 Å². The molecule has 0 unspecified atom stereocenters. The molecule has 2 aromatic carbocycles. The maximum atomic E-state index is 6.06. The third kappa shape index (κ3) is 2.96. The minimum absolute atomic E-state index is 0.225. The number of benzene rings is 2. The van der Waals surface area contributed by atoms with E-state index in [4.69, 9.17) is 46.4 Å². The van der Waals surface area contributed by atoms with E-state index in [1.807, 2.05) is 30.3 Å². The monoisotopic (exact) mass is 320 g/mol. The number of hydrazine groups is 1. The topological polar surface area (TPSA) is 24.1 Å². The lowest BCUT2D eigenvalue weighted by molar-refractivity contribution is 1.41. The van der Waals surface area contributed by atoms with Crippen molar-refractivity contribution in [2.24, 2.45) is 0 Å². The van der Waals surface area contributed by atoms with Gasteiger partial charge < -0.3 is 5.43 Å². The normalized spacial score (nSPS) is 10.2. The molecule has 2 nitrogen and oxygen atoms in total. The Kier molecular flexibility index (Phi) is 4.46. The van der Waals surface area contributed by atoms with Crippen LogP contribution in [-0.4, -0.2) is 0 Å². The summed E-state index contributed by atoms with van der Waals surface area (Å²) in [7, 11) is 0. The molecule has 0 aliphatic carbocycles. The average Bonchev–Trinajstić information content (AvgIpc) is 2.40. The van der Waals surface area contributed by atoms with Crippen LogP contribution in [0.25, 0.3) is 0 Å². The van der Waals surface area contributed by atoms with Gasteiger partial charge in [-0.15, -0.1) is 0 Å². The van der Waals surface area contributed by atoms with Crippen molar-refractivity contribution in [1.82, 2.24) is 0 Å². The first-order valence-electron chi connectivity index (χ1n) is 4.99. The zero-order chi connectivity index (χ0) is 13.1. The van der Waals surface area contributed by atoms with Crippen LogP contribution in [0.5, 0.6) is 0 Å². The molecule has 0 spiro atoms. The van der Waals surface area contributed by atoms with Gasteiger partial charge in [-0.05, 0) is 18.2 Å². The molecule has 0 amide bonds. The lowest BCUT2D eigenvalue weighted by Gasteiger charge is -2.13. The number of rotatable bonds is 3. The van der Waals surface area contributed by atoms with Gasteiger partial charge in [0.25, 0.3) is 0 Å². The molecule has 0 fully saturated rings. The van der Waals surface area contributed by atoms with Crippen molar-refractivity contribution in [2.75, 3.05) is 10.9 Å².